The highest BCUT2D eigenvalue weighted by Gasteiger charge is 2.44. The molecule has 16 heteroatoms. The van der Waals surface area contributed by atoms with Crippen LogP contribution in [0.4, 0.5) is 40.3 Å². The van der Waals surface area contributed by atoms with E-state index >= 15 is 0 Å². The first kappa shape index (κ1) is 22.9. The Bertz CT molecular complexity index is 1040. The number of rotatable bonds is 8. The fraction of sp³-hybridized carbons (Fsp3) is 0.133. The monoisotopic (exact) mass is 448 g/mol. The molecule has 0 spiro atoms. The number of nitro groups is 3. The average molecular weight is 448 g/mol. The highest BCUT2D eigenvalue weighted by atomic mass is 19.3. The minimum atomic E-state index is -5.00. The first-order valence-electron chi connectivity index (χ1n) is 7.71. The van der Waals surface area contributed by atoms with Gasteiger partial charge in [0.25, 0.3) is 11.6 Å². The molecule has 0 aliphatic rings. The van der Waals surface area contributed by atoms with Gasteiger partial charge in [-0.3, -0.25) is 35.1 Å². The van der Waals surface area contributed by atoms with Gasteiger partial charge in [-0.05, 0) is 12.1 Å². The molecule has 0 fully saturated rings. The van der Waals surface area contributed by atoms with Gasteiger partial charge in [0.1, 0.15) is 5.75 Å². The average Bonchev–Trinajstić information content (AvgIpc) is 2.67. The van der Waals surface area contributed by atoms with Crippen molar-refractivity contribution in [3.8, 4) is 5.75 Å². The molecule has 0 radical (unpaired) electrons. The maximum absolute atomic E-state index is 13.2. The number of nitrogens with one attached hydrogen (secondary N) is 1. The maximum atomic E-state index is 13.2. The predicted octanol–water partition coefficient (Wildman–Crippen LogP) is 3.90. The Morgan fingerprint density at radius 1 is 0.968 bits per heavy atom. The van der Waals surface area contributed by atoms with Gasteiger partial charge in [0, 0.05) is 0 Å². The van der Waals surface area contributed by atoms with Gasteiger partial charge in [0.15, 0.2) is 5.69 Å². The molecule has 0 aliphatic carbocycles. The van der Waals surface area contributed by atoms with Crippen LogP contribution in [0.15, 0.2) is 36.4 Å². The molecule has 0 bridgehead atoms. The molecule has 164 valence electrons. The van der Waals surface area contributed by atoms with Crippen LogP contribution in [0.25, 0.3) is 0 Å². The van der Waals surface area contributed by atoms with Gasteiger partial charge < -0.3 is 10.1 Å². The molecule has 0 unspecified atom stereocenters. The number of halogens is 4. The molecule has 2 rings (SSSR count). The van der Waals surface area contributed by atoms with Crippen LogP contribution >= 0.6 is 0 Å². The summed E-state index contributed by atoms with van der Waals surface area (Å²) in [5.41, 5.74) is -5.45. The third kappa shape index (κ3) is 4.98. The molecule has 0 aliphatic heterocycles. The van der Waals surface area contributed by atoms with Crippen molar-refractivity contribution in [2.45, 2.75) is 12.5 Å². The van der Waals surface area contributed by atoms with Crippen molar-refractivity contribution in [2.75, 3.05) is 5.32 Å². The topological polar surface area (TPSA) is 168 Å². The Morgan fingerprint density at radius 3 is 1.94 bits per heavy atom. The van der Waals surface area contributed by atoms with Gasteiger partial charge in [-0.15, -0.1) is 0 Å². The number of nitrogens with zero attached hydrogens (tertiary/aromatic N) is 3. The van der Waals surface area contributed by atoms with Crippen molar-refractivity contribution in [1.82, 2.24) is 0 Å². The molecule has 0 saturated heterocycles. The second kappa shape index (κ2) is 8.56. The van der Waals surface area contributed by atoms with Crippen LogP contribution in [-0.2, 0) is 0 Å². The van der Waals surface area contributed by atoms with Gasteiger partial charge in [-0.25, -0.2) is 0 Å². The molecule has 1 amide bonds. The first-order valence-corrected chi connectivity index (χ1v) is 7.71. The Balaban J connectivity index is 2.55. The molecule has 0 atom stereocenters. The van der Waals surface area contributed by atoms with Gasteiger partial charge in [0.05, 0.1) is 32.5 Å². The van der Waals surface area contributed by atoms with Gasteiger partial charge in [-0.2, -0.15) is 17.6 Å². The Kier molecular flexibility index (Phi) is 6.32. The molecule has 2 aromatic rings. The van der Waals surface area contributed by atoms with E-state index in [-0.39, 0.29) is 0 Å². The number of amides is 1. The van der Waals surface area contributed by atoms with E-state index in [2.05, 4.69) is 4.74 Å². The quantitative estimate of drug-likeness (QED) is 0.360. The van der Waals surface area contributed by atoms with Crippen molar-refractivity contribution in [3.63, 3.8) is 0 Å². The van der Waals surface area contributed by atoms with E-state index in [0.29, 0.717) is 18.2 Å². The molecule has 0 heterocycles. The number of para-hydroxylation sites is 1. The molecule has 31 heavy (non-hydrogen) atoms. The number of alkyl halides is 4. The van der Waals surface area contributed by atoms with Crippen molar-refractivity contribution < 1.29 is 41.9 Å². The Morgan fingerprint density at radius 2 is 1.48 bits per heavy atom. The van der Waals surface area contributed by atoms with Crippen LogP contribution in [-0.4, -0.2) is 33.2 Å². The molecule has 0 aromatic heterocycles. The number of ether oxygens (including phenoxy) is 1. The standard InChI is InChI=1S/C15H8F4N4O8/c16-14(17)15(18,19)31-11-4-2-1-3-8(11)13(24)20-12-9(22(27)28)5-7(21(25)26)6-10(12)23(29)30/h1-6,14H,(H,20,24). The van der Waals surface area contributed by atoms with Crippen LogP contribution in [0.1, 0.15) is 10.4 Å². The minimum Gasteiger partial charge on any atom is -0.427 e. The van der Waals surface area contributed by atoms with E-state index in [0.717, 1.165) is 18.2 Å². The van der Waals surface area contributed by atoms with Crippen LogP contribution in [0.3, 0.4) is 0 Å². The second-order valence-electron chi connectivity index (χ2n) is 5.55. The summed E-state index contributed by atoms with van der Waals surface area (Å²) >= 11 is 0. The maximum Gasteiger partial charge on any atom is 0.461 e. The summed E-state index contributed by atoms with van der Waals surface area (Å²) in [6.45, 7) is 0. The number of carbonyl (C=O) groups is 1. The zero-order valence-corrected chi connectivity index (χ0v) is 14.7. The van der Waals surface area contributed by atoms with Gasteiger partial charge in [-0.1, -0.05) is 12.1 Å². The first-order chi connectivity index (χ1) is 14.3. The van der Waals surface area contributed by atoms with Crippen molar-refractivity contribution >= 4 is 28.7 Å². The van der Waals surface area contributed by atoms with E-state index in [9.17, 15) is 52.7 Å². The van der Waals surface area contributed by atoms with E-state index < -0.39 is 67.3 Å². The van der Waals surface area contributed by atoms with Crippen LogP contribution in [0, 0.1) is 30.3 Å². The number of hydrogen-bond donors (Lipinski definition) is 1. The third-order valence-electron chi connectivity index (χ3n) is 3.56. The number of benzene rings is 2. The summed E-state index contributed by atoms with van der Waals surface area (Å²) < 4.78 is 55.1. The largest absolute Gasteiger partial charge is 0.461 e. The zero-order chi connectivity index (χ0) is 23.5. The summed E-state index contributed by atoms with van der Waals surface area (Å²) in [6, 6.07) is 4.33. The number of nitro benzene ring substituents is 3. The Hall–Kier alpha value is -4.37. The second-order valence-corrected chi connectivity index (χ2v) is 5.55. The lowest BCUT2D eigenvalue weighted by Gasteiger charge is -2.18. The highest BCUT2D eigenvalue weighted by molar-refractivity contribution is 6.08. The highest BCUT2D eigenvalue weighted by Crippen LogP contribution is 2.39. The minimum absolute atomic E-state index is 0.329. The van der Waals surface area contributed by atoms with Crippen molar-refractivity contribution in [2.24, 2.45) is 0 Å². The lowest BCUT2D eigenvalue weighted by molar-refractivity contribution is -0.401. The van der Waals surface area contributed by atoms with E-state index in [1.165, 1.54) is 0 Å². The van der Waals surface area contributed by atoms with Crippen molar-refractivity contribution in [1.29, 1.82) is 0 Å². The van der Waals surface area contributed by atoms with E-state index in [4.69, 9.17) is 0 Å². The van der Waals surface area contributed by atoms with Crippen molar-refractivity contribution in [3.05, 3.63) is 72.3 Å². The number of non-ortho nitro benzene ring substituents is 1. The molecular weight excluding hydrogens is 440 g/mol. The predicted molar refractivity (Wildman–Crippen MR) is 92.4 cm³/mol. The fourth-order valence-electron chi connectivity index (χ4n) is 2.23. The fourth-order valence-corrected chi connectivity index (χ4v) is 2.23. The Labute approximate surface area is 167 Å². The normalized spacial score (nSPS) is 11.1. The lowest BCUT2D eigenvalue weighted by Crippen LogP contribution is -2.34. The van der Waals surface area contributed by atoms with E-state index in [1.807, 2.05) is 0 Å². The van der Waals surface area contributed by atoms with Gasteiger partial charge >= 0.3 is 23.9 Å². The van der Waals surface area contributed by atoms with E-state index in [1.54, 1.807) is 5.32 Å². The summed E-state index contributed by atoms with van der Waals surface area (Å²) in [5, 5.41) is 35.0. The third-order valence-corrected chi connectivity index (χ3v) is 3.56. The van der Waals surface area contributed by atoms with Crippen LogP contribution in [0.2, 0.25) is 0 Å². The van der Waals surface area contributed by atoms with Crippen LogP contribution in [0.5, 0.6) is 5.75 Å². The molecule has 0 saturated carbocycles. The molecule has 12 nitrogen and oxygen atoms in total. The summed E-state index contributed by atoms with van der Waals surface area (Å²) in [4.78, 5) is 42.1. The molecular formula is C15H8F4N4O8. The number of anilines is 1. The summed E-state index contributed by atoms with van der Waals surface area (Å²) in [6.07, 6.45) is -9.26. The molecule has 1 N–H and O–H groups in total. The van der Waals surface area contributed by atoms with Crippen LogP contribution < -0.4 is 10.1 Å². The molecule has 2 aromatic carbocycles. The summed E-state index contributed by atoms with van der Waals surface area (Å²) in [7, 11) is 0. The number of hydrogen-bond acceptors (Lipinski definition) is 8. The smallest absolute Gasteiger partial charge is 0.427 e. The van der Waals surface area contributed by atoms with Gasteiger partial charge in [0.2, 0.25) is 0 Å². The zero-order valence-electron chi connectivity index (χ0n) is 14.7. The summed E-state index contributed by atoms with van der Waals surface area (Å²) in [5.74, 6) is -2.54. The lowest BCUT2D eigenvalue weighted by atomic mass is 10.1. The SMILES string of the molecule is O=C(Nc1c([N+](=O)[O-])cc([N+](=O)[O-])cc1[N+](=O)[O-])c1ccccc1OC(F)(F)C(F)F. The number of carbonyl (C=O) groups excluding carboxylic acids is 1.